The number of benzene rings is 2. The molecule has 28 heavy (non-hydrogen) atoms. The molecule has 1 unspecified atom stereocenters. The third-order valence-corrected chi connectivity index (χ3v) is 5.20. The first kappa shape index (κ1) is 20.5. The van der Waals surface area contributed by atoms with Gasteiger partial charge in [-0.05, 0) is 38.0 Å². The molecule has 6 heteroatoms. The quantitative estimate of drug-likeness (QED) is 0.798. The lowest BCUT2D eigenvalue weighted by Gasteiger charge is -2.42. The summed E-state index contributed by atoms with van der Waals surface area (Å²) in [7, 11) is 0. The van der Waals surface area contributed by atoms with Gasteiger partial charge in [-0.25, -0.2) is 4.79 Å². The van der Waals surface area contributed by atoms with Crippen molar-refractivity contribution >= 4 is 17.7 Å². The number of aromatic hydroxyl groups is 1. The Balaban J connectivity index is 1.82. The van der Waals surface area contributed by atoms with E-state index in [9.17, 15) is 9.90 Å². The van der Waals surface area contributed by atoms with Crippen LogP contribution < -0.4 is 0 Å². The van der Waals surface area contributed by atoms with Gasteiger partial charge in [0.15, 0.2) is 0 Å². The van der Waals surface area contributed by atoms with Crippen LogP contribution in [0.5, 0.6) is 5.75 Å². The number of hydrogen-bond donors (Lipinski definition) is 1. The molecule has 0 aliphatic carbocycles. The molecule has 1 heterocycles. The lowest BCUT2D eigenvalue weighted by atomic mass is 10.0. The monoisotopic (exact) mass is 402 g/mol. The average molecular weight is 403 g/mol. The zero-order valence-corrected chi connectivity index (χ0v) is 17.3. The Morgan fingerprint density at radius 2 is 1.86 bits per heavy atom. The van der Waals surface area contributed by atoms with Crippen LogP contribution in [0.3, 0.4) is 0 Å². The highest BCUT2D eigenvalue weighted by atomic mass is 35.5. The molecule has 0 radical (unpaired) electrons. The minimum Gasteiger partial charge on any atom is -0.506 e. The number of nitrogens with zero attached hydrogens (tertiary/aromatic N) is 2. The summed E-state index contributed by atoms with van der Waals surface area (Å²) < 4.78 is 5.56. The van der Waals surface area contributed by atoms with Crippen LogP contribution in [0, 0.1) is 0 Å². The van der Waals surface area contributed by atoms with Crippen molar-refractivity contribution in [2.24, 2.45) is 0 Å². The summed E-state index contributed by atoms with van der Waals surface area (Å²) in [5.74, 6) is 0.0859. The van der Waals surface area contributed by atoms with Gasteiger partial charge >= 0.3 is 6.09 Å². The van der Waals surface area contributed by atoms with E-state index in [0.29, 0.717) is 31.2 Å². The number of ether oxygens (including phenoxy) is 1. The topological polar surface area (TPSA) is 53.0 Å². The lowest BCUT2D eigenvalue weighted by molar-refractivity contribution is 0.00204. The SMILES string of the molecule is CC(C)(C)OC(=O)N1CCN(Cc2cccc(O)c2Cl)C(c2ccccc2)C1. The smallest absolute Gasteiger partial charge is 0.410 e. The molecule has 0 bridgehead atoms. The van der Waals surface area contributed by atoms with Crippen molar-refractivity contribution in [2.75, 3.05) is 19.6 Å². The number of phenols is 1. The fraction of sp³-hybridized carbons (Fsp3) is 0.409. The maximum absolute atomic E-state index is 12.6. The molecule has 5 nitrogen and oxygen atoms in total. The zero-order valence-electron chi connectivity index (χ0n) is 16.6. The van der Waals surface area contributed by atoms with Gasteiger partial charge in [-0.2, -0.15) is 0 Å². The van der Waals surface area contributed by atoms with E-state index in [0.717, 1.165) is 11.1 Å². The second-order valence-electron chi connectivity index (χ2n) is 8.07. The third kappa shape index (κ3) is 4.97. The standard InChI is InChI=1S/C22H27ClN2O3/c1-22(2,3)28-21(27)25-13-12-24(14-17-10-7-11-19(26)20(17)23)18(15-25)16-8-5-4-6-9-16/h4-11,18,26H,12-15H2,1-3H3. The summed E-state index contributed by atoms with van der Waals surface area (Å²) >= 11 is 6.30. The molecule has 2 aromatic rings. The molecule has 0 aromatic heterocycles. The first-order chi connectivity index (χ1) is 13.2. The number of carbonyl (C=O) groups is 1. The fourth-order valence-corrected chi connectivity index (χ4v) is 3.59. The Morgan fingerprint density at radius 1 is 1.14 bits per heavy atom. The minimum atomic E-state index is -0.522. The van der Waals surface area contributed by atoms with Crippen molar-refractivity contribution in [3.05, 3.63) is 64.7 Å². The number of rotatable bonds is 3. The van der Waals surface area contributed by atoms with E-state index < -0.39 is 5.60 Å². The van der Waals surface area contributed by atoms with Crippen LogP contribution in [0.25, 0.3) is 0 Å². The van der Waals surface area contributed by atoms with Gasteiger partial charge in [-0.1, -0.05) is 54.1 Å². The van der Waals surface area contributed by atoms with Crippen molar-refractivity contribution in [3.63, 3.8) is 0 Å². The Hall–Kier alpha value is -2.24. The van der Waals surface area contributed by atoms with Gasteiger partial charge in [0, 0.05) is 26.2 Å². The van der Waals surface area contributed by atoms with Crippen molar-refractivity contribution in [2.45, 2.75) is 39.0 Å². The van der Waals surface area contributed by atoms with Crippen LogP contribution in [0.15, 0.2) is 48.5 Å². The molecule has 1 aliphatic rings. The van der Waals surface area contributed by atoms with E-state index in [1.807, 2.05) is 45.0 Å². The van der Waals surface area contributed by atoms with E-state index in [1.54, 1.807) is 17.0 Å². The van der Waals surface area contributed by atoms with Gasteiger partial charge in [0.1, 0.15) is 11.4 Å². The molecule has 2 aromatic carbocycles. The molecule has 1 saturated heterocycles. The highest BCUT2D eigenvalue weighted by Crippen LogP contribution is 2.32. The molecule has 3 rings (SSSR count). The van der Waals surface area contributed by atoms with Crippen molar-refractivity contribution in [1.82, 2.24) is 9.80 Å². The first-order valence-corrected chi connectivity index (χ1v) is 9.85. The maximum atomic E-state index is 12.6. The normalized spacial score (nSPS) is 18.1. The highest BCUT2D eigenvalue weighted by Gasteiger charge is 2.33. The van der Waals surface area contributed by atoms with E-state index in [2.05, 4.69) is 17.0 Å². The van der Waals surface area contributed by atoms with E-state index in [1.165, 1.54) is 0 Å². The van der Waals surface area contributed by atoms with Gasteiger partial charge in [0.2, 0.25) is 0 Å². The second-order valence-corrected chi connectivity index (χ2v) is 8.45. The molecule has 1 amide bonds. The summed E-state index contributed by atoms with van der Waals surface area (Å²) in [5, 5.41) is 10.3. The Kier molecular flexibility index (Phi) is 6.16. The Morgan fingerprint density at radius 3 is 2.54 bits per heavy atom. The number of hydrogen-bond acceptors (Lipinski definition) is 4. The van der Waals surface area contributed by atoms with Crippen LogP contribution in [-0.2, 0) is 11.3 Å². The maximum Gasteiger partial charge on any atom is 0.410 e. The molecule has 1 N–H and O–H groups in total. The molecule has 150 valence electrons. The number of piperazine rings is 1. The van der Waals surface area contributed by atoms with E-state index in [-0.39, 0.29) is 17.9 Å². The summed E-state index contributed by atoms with van der Waals surface area (Å²) in [6.07, 6.45) is -0.288. The fourth-order valence-electron chi connectivity index (χ4n) is 3.40. The lowest BCUT2D eigenvalue weighted by Crippen LogP contribution is -2.51. The molecular weight excluding hydrogens is 376 g/mol. The van der Waals surface area contributed by atoms with Crippen LogP contribution in [0.4, 0.5) is 4.79 Å². The number of halogens is 1. The van der Waals surface area contributed by atoms with Crippen molar-refractivity contribution in [1.29, 1.82) is 0 Å². The average Bonchev–Trinajstić information content (AvgIpc) is 2.65. The van der Waals surface area contributed by atoms with Crippen molar-refractivity contribution < 1.29 is 14.6 Å². The van der Waals surface area contributed by atoms with Gasteiger partial charge in [0.05, 0.1) is 11.1 Å². The number of phenolic OH excluding ortho intramolecular Hbond substituents is 1. The predicted molar refractivity (Wildman–Crippen MR) is 111 cm³/mol. The largest absolute Gasteiger partial charge is 0.506 e. The molecule has 0 spiro atoms. The highest BCUT2D eigenvalue weighted by molar-refractivity contribution is 6.32. The van der Waals surface area contributed by atoms with Crippen LogP contribution in [-0.4, -0.2) is 46.2 Å². The summed E-state index contributed by atoms with van der Waals surface area (Å²) in [5.41, 5.74) is 1.48. The second kappa shape index (κ2) is 8.41. The van der Waals surface area contributed by atoms with Crippen LogP contribution in [0.2, 0.25) is 5.02 Å². The van der Waals surface area contributed by atoms with Crippen molar-refractivity contribution in [3.8, 4) is 5.75 Å². The molecule has 0 saturated carbocycles. The summed E-state index contributed by atoms with van der Waals surface area (Å²) in [6, 6.07) is 15.4. The first-order valence-electron chi connectivity index (χ1n) is 9.48. The van der Waals surface area contributed by atoms with E-state index in [4.69, 9.17) is 16.3 Å². The molecule has 1 atom stereocenters. The molecular formula is C22H27ClN2O3. The van der Waals surface area contributed by atoms with Gasteiger partial charge in [-0.3, -0.25) is 4.90 Å². The van der Waals surface area contributed by atoms with Crippen LogP contribution >= 0.6 is 11.6 Å². The number of carbonyl (C=O) groups excluding carboxylic acids is 1. The Labute approximate surface area is 171 Å². The summed E-state index contributed by atoms with van der Waals surface area (Å²) in [4.78, 5) is 16.6. The number of amides is 1. The zero-order chi connectivity index (χ0) is 20.3. The minimum absolute atomic E-state index is 0.0147. The van der Waals surface area contributed by atoms with E-state index >= 15 is 0 Å². The summed E-state index contributed by atoms with van der Waals surface area (Å²) in [6.45, 7) is 8.02. The molecule has 1 fully saturated rings. The predicted octanol–water partition coefficient (Wildman–Crippen LogP) is 4.84. The van der Waals surface area contributed by atoms with Gasteiger partial charge < -0.3 is 14.7 Å². The van der Waals surface area contributed by atoms with Crippen LogP contribution in [0.1, 0.15) is 37.9 Å². The third-order valence-electron chi connectivity index (χ3n) is 4.76. The molecule has 1 aliphatic heterocycles. The van der Waals surface area contributed by atoms with Gasteiger partial charge in [-0.15, -0.1) is 0 Å². The van der Waals surface area contributed by atoms with Gasteiger partial charge in [0.25, 0.3) is 0 Å². The Bertz CT molecular complexity index is 820.